The smallest absolute Gasteiger partial charge is 0.187 e. The number of hydrogen-bond acceptors (Lipinski definition) is 3. The molecule has 0 aliphatic rings. The van der Waals surface area contributed by atoms with Crippen LogP contribution < -0.4 is 0 Å². The average Bonchev–Trinajstić information content (AvgIpc) is 2.44. The topological polar surface area (TPSA) is 53.8 Å². The van der Waals surface area contributed by atoms with Crippen LogP contribution in [0, 0.1) is 23.0 Å². The number of Topliss-reactive ketones (excluding diaryl/α,β-unsaturated/α-hetero) is 1. The summed E-state index contributed by atoms with van der Waals surface area (Å²) >= 11 is 0. The fourth-order valence-corrected chi connectivity index (χ4v) is 1.68. The first-order valence-electron chi connectivity index (χ1n) is 5.43. The Labute approximate surface area is 108 Å². The average molecular weight is 258 g/mol. The molecule has 0 radical (unpaired) electrons. The van der Waals surface area contributed by atoms with Gasteiger partial charge in [-0.2, -0.15) is 5.26 Å². The Morgan fingerprint density at radius 2 is 2.05 bits per heavy atom. The molecular formula is C14H8F2N2O. The zero-order valence-electron chi connectivity index (χ0n) is 9.68. The number of halogens is 2. The van der Waals surface area contributed by atoms with E-state index in [0.717, 1.165) is 12.1 Å². The zero-order valence-corrected chi connectivity index (χ0v) is 9.68. The third kappa shape index (κ3) is 2.47. The summed E-state index contributed by atoms with van der Waals surface area (Å²) in [6.07, 6.45) is 2.84. The van der Waals surface area contributed by atoms with Gasteiger partial charge in [0.25, 0.3) is 0 Å². The van der Waals surface area contributed by atoms with Crippen molar-refractivity contribution in [3.63, 3.8) is 0 Å². The van der Waals surface area contributed by atoms with Crippen LogP contribution in [-0.2, 0) is 0 Å². The normalized spacial score (nSPS) is 11.6. The number of carbonyl (C=O) groups excluding carboxylic acids is 1. The number of hydrogen-bond donors (Lipinski definition) is 0. The van der Waals surface area contributed by atoms with E-state index in [1.165, 1.54) is 24.5 Å². The van der Waals surface area contributed by atoms with Crippen molar-refractivity contribution in [1.82, 2.24) is 4.98 Å². The van der Waals surface area contributed by atoms with Gasteiger partial charge in [-0.3, -0.25) is 9.78 Å². The zero-order chi connectivity index (χ0) is 13.8. The largest absolute Gasteiger partial charge is 0.292 e. The van der Waals surface area contributed by atoms with Crippen LogP contribution in [0.2, 0.25) is 0 Å². The maximum atomic E-state index is 13.5. The SMILES string of the molecule is N#CC(C(=O)c1cccc(F)c1F)c1cccnc1. The quantitative estimate of drug-likeness (QED) is 0.795. The summed E-state index contributed by atoms with van der Waals surface area (Å²) in [5, 5.41) is 9.06. The lowest BCUT2D eigenvalue weighted by Crippen LogP contribution is -2.14. The maximum absolute atomic E-state index is 13.5. The second-order valence-electron chi connectivity index (χ2n) is 3.81. The molecule has 19 heavy (non-hydrogen) atoms. The van der Waals surface area contributed by atoms with E-state index in [4.69, 9.17) is 5.26 Å². The molecule has 1 atom stereocenters. The van der Waals surface area contributed by atoms with Crippen molar-refractivity contribution < 1.29 is 13.6 Å². The van der Waals surface area contributed by atoms with Gasteiger partial charge in [-0.05, 0) is 23.8 Å². The first kappa shape index (κ1) is 12.8. The van der Waals surface area contributed by atoms with E-state index in [2.05, 4.69) is 4.98 Å². The molecule has 1 aromatic carbocycles. The molecule has 0 bridgehead atoms. The summed E-state index contributed by atoms with van der Waals surface area (Å²) in [5.41, 5.74) is -0.0888. The number of aromatic nitrogens is 1. The van der Waals surface area contributed by atoms with E-state index in [1.54, 1.807) is 12.1 Å². The van der Waals surface area contributed by atoms with E-state index < -0.39 is 28.9 Å². The van der Waals surface area contributed by atoms with Gasteiger partial charge >= 0.3 is 0 Å². The summed E-state index contributed by atoms with van der Waals surface area (Å²) < 4.78 is 26.6. The van der Waals surface area contributed by atoms with E-state index in [9.17, 15) is 13.6 Å². The maximum Gasteiger partial charge on any atom is 0.187 e. The van der Waals surface area contributed by atoms with Crippen molar-refractivity contribution in [3.8, 4) is 6.07 Å². The number of nitrogens with zero attached hydrogens (tertiary/aromatic N) is 2. The predicted molar refractivity (Wildman–Crippen MR) is 63.3 cm³/mol. The van der Waals surface area contributed by atoms with Gasteiger partial charge in [0.15, 0.2) is 17.4 Å². The first-order chi connectivity index (χ1) is 9.15. The molecule has 2 rings (SSSR count). The number of carbonyl (C=O) groups is 1. The third-order valence-electron chi connectivity index (χ3n) is 2.63. The minimum absolute atomic E-state index is 0.346. The van der Waals surface area contributed by atoms with E-state index >= 15 is 0 Å². The highest BCUT2D eigenvalue weighted by atomic mass is 19.2. The first-order valence-corrected chi connectivity index (χ1v) is 5.43. The summed E-state index contributed by atoms with van der Waals surface area (Å²) in [4.78, 5) is 15.9. The molecule has 0 saturated heterocycles. The number of nitriles is 1. The second-order valence-corrected chi connectivity index (χ2v) is 3.81. The van der Waals surface area contributed by atoms with Gasteiger partial charge in [-0.1, -0.05) is 12.1 Å². The van der Waals surface area contributed by atoms with Gasteiger partial charge in [0.05, 0.1) is 11.6 Å². The lowest BCUT2D eigenvalue weighted by molar-refractivity contribution is 0.0974. The third-order valence-corrected chi connectivity index (χ3v) is 2.63. The molecule has 1 aromatic heterocycles. The number of benzene rings is 1. The van der Waals surface area contributed by atoms with Crippen LogP contribution >= 0.6 is 0 Å². The molecule has 5 heteroatoms. The van der Waals surface area contributed by atoms with Gasteiger partial charge < -0.3 is 0 Å². The van der Waals surface area contributed by atoms with Crippen molar-refractivity contribution >= 4 is 5.78 Å². The Morgan fingerprint density at radius 1 is 1.26 bits per heavy atom. The van der Waals surface area contributed by atoms with Gasteiger partial charge in [0.1, 0.15) is 5.92 Å². The lowest BCUT2D eigenvalue weighted by atomic mass is 9.92. The van der Waals surface area contributed by atoms with Gasteiger partial charge in [0, 0.05) is 12.4 Å². The summed E-state index contributed by atoms with van der Waals surface area (Å²) in [6, 6.07) is 8.18. The molecule has 94 valence electrons. The number of pyridine rings is 1. The molecule has 0 aliphatic carbocycles. The fraction of sp³-hybridized carbons (Fsp3) is 0.0714. The van der Waals surface area contributed by atoms with Crippen molar-refractivity contribution in [2.24, 2.45) is 0 Å². The Bertz CT molecular complexity index is 650. The van der Waals surface area contributed by atoms with Crippen LogP contribution in [0.25, 0.3) is 0 Å². The van der Waals surface area contributed by atoms with Crippen molar-refractivity contribution in [2.75, 3.05) is 0 Å². The molecule has 1 unspecified atom stereocenters. The molecule has 2 aromatic rings. The summed E-state index contributed by atoms with van der Waals surface area (Å²) in [6.45, 7) is 0. The van der Waals surface area contributed by atoms with Crippen LogP contribution in [0.1, 0.15) is 21.8 Å². The Hall–Kier alpha value is -2.61. The lowest BCUT2D eigenvalue weighted by Gasteiger charge is -2.09. The Kier molecular flexibility index (Phi) is 3.62. The van der Waals surface area contributed by atoms with Crippen molar-refractivity contribution in [2.45, 2.75) is 5.92 Å². The molecule has 0 N–H and O–H groups in total. The highest BCUT2D eigenvalue weighted by Crippen LogP contribution is 2.22. The molecule has 0 fully saturated rings. The minimum Gasteiger partial charge on any atom is -0.292 e. The van der Waals surface area contributed by atoms with E-state index in [-0.39, 0.29) is 0 Å². The molecule has 0 aliphatic heterocycles. The molecular weight excluding hydrogens is 250 g/mol. The Balaban J connectivity index is 2.43. The van der Waals surface area contributed by atoms with Gasteiger partial charge in [0.2, 0.25) is 0 Å². The minimum atomic E-state index is -1.24. The summed E-state index contributed by atoms with van der Waals surface area (Å²) in [7, 11) is 0. The monoisotopic (exact) mass is 258 g/mol. The molecule has 0 saturated carbocycles. The second kappa shape index (κ2) is 5.36. The van der Waals surface area contributed by atoms with Gasteiger partial charge in [-0.25, -0.2) is 8.78 Å². The van der Waals surface area contributed by atoms with Crippen molar-refractivity contribution in [3.05, 3.63) is 65.5 Å². The predicted octanol–water partition coefficient (Wildman–Crippen LogP) is 2.85. The molecule has 1 heterocycles. The fourth-order valence-electron chi connectivity index (χ4n) is 1.68. The van der Waals surface area contributed by atoms with E-state index in [0.29, 0.717) is 5.56 Å². The van der Waals surface area contributed by atoms with E-state index in [1.807, 2.05) is 0 Å². The molecule has 0 amide bonds. The highest BCUT2D eigenvalue weighted by molar-refractivity contribution is 6.02. The van der Waals surface area contributed by atoms with Crippen LogP contribution in [-0.4, -0.2) is 10.8 Å². The van der Waals surface area contributed by atoms with Crippen LogP contribution in [0.5, 0.6) is 0 Å². The molecule has 0 spiro atoms. The van der Waals surface area contributed by atoms with Crippen molar-refractivity contribution in [1.29, 1.82) is 5.26 Å². The molecule has 3 nitrogen and oxygen atoms in total. The Morgan fingerprint density at radius 3 is 2.68 bits per heavy atom. The van der Waals surface area contributed by atoms with Crippen LogP contribution in [0.4, 0.5) is 8.78 Å². The summed E-state index contributed by atoms with van der Waals surface area (Å²) in [5.74, 6) is -4.34. The van der Waals surface area contributed by atoms with Gasteiger partial charge in [-0.15, -0.1) is 0 Å². The van der Waals surface area contributed by atoms with Crippen LogP contribution in [0.15, 0.2) is 42.7 Å². The number of rotatable bonds is 3. The van der Waals surface area contributed by atoms with Crippen LogP contribution in [0.3, 0.4) is 0 Å². The standard InChI is InChI=1S/C14H8F2N2O/c15-12-5-1-4-10(13(12)16)14(19)11(7-17)9-3-2-6-18-8-9/h1-6,8,11H. The highest BCUT2D eigenvalue weighted by Gasteiger charge is 2.25. The number of ketones is 1.